The van der Waals surface area contributed by atoms with Gasteiger partial charge in [-0.3, -0.25) is 4.90 Å². The van der Waals surface area contributed by atoms with Crippen LogP contribution in [-0.4, -0.2) is 42.1 Å². The van der Waals surface area contributed by atoms with Crippen LogP contribution < -0.4 is 4.74 Å². The molecule has 0 atom stereocenters. The lowest BCUT2D eigenvalue weighted by atomic mass is 10.1. The number of hydrogen-bond donors (Lipinski definition) is 0. The number of hydrogen-bond acceptors (Lipinski definition) is 7. The van der Waals surface area contributed by atoms with Crippen LogP contribution in [0.1, 0.15) is 35.1 Å². The molecule has 1 aromatic heterocycles. The molecule has 7 heteroatoms. The van der Waals surface area contributed by atoms with Crippen LogP contribution in [0.2, 0.25) is 0 Å². The van der Waals surface area contributed by atoms with Gasteiger partial charge in [-0.25, -0.2) is 0 Å². The van der Waals surface area contributed by atoms with E-state index in [0.29, 0.717) is 13.2 Å². The quantitative estimate of drug-likeness (QED) is 0.368. The van der Waals surface area contributed by atoms with Gasteiger partial charge in [0.2, 0.25) is 0 Å². The standard InChI is InChI=1S/C25H29N3O4/c1-19-3-5-21(6-4-19)17-31-26-20(2)22-7-9-24(10-8-22)30-18-23-15-25(32-27-23)16-28-11-13-29-14-12-28/h3-10,15H,11-14,16-18H2,1-2H3/b26-20+. The van der Waals surface area contributed by atoms with Gasteiger partial charge in [-0.2, -0.15) is 0 Å². The predicted molar refractivity (Wildman–Crippen MR) is 122 cm³/mol. The monoisotopic (exact) mass is 435 g/mol. The molecule has 7 nitrogen and oxygen atoms in total. The molecule has 0 unspecified atom stereocenters. The van der Waals surface area contributed by atoms with Gasteiger partial charge in [-0.15, -0.1) is 0 Å². The number of rotatable bonds is 9. The third kappa shape index (κ3) is 6.42. The molecule has 0 radical (unpaired) electrons. The van der Waals surface area contributed by atoms with Gasteiger partial charge in [0, 0.05) is 19.2 Å². The Morgan fingerprint density at radius 3 is 2.53 bits per heavy atom. The van der Waals surface area contributed by atoms with Gasteiger partial charge in [0.05, 0.1) is 25.5 Å². The summed E-state index contributed by atoms with van der Waals surface area (Å²) >= 11 is 0. The molecule has 0 saturated carbocycles. The van der Waals surface area contributed by atoms with E-state index in [1.807, 2.05) is 49.4 Å². The molecule has 0 amide bonds. The van der Waals surface area contributed by atoms with E-state index in [-0.39, 0.29) is 0 Å². The number of ether oxygens (including phenoxy) is 2. The van der Waals surface area contributed by atoms with E-state index in [2.05, 4.69) is 34.3 Å². The first-order chi connectivity index (χ1) is 15.7. The minimum atomic E-state index is 0.360. The van der Waals surface area contributed by atoms with Crippen molar-refractivity contribution in [3.8, 4) is 5.75 Å². The molecule has 2 heterocycles. The molecular weight excluding hydrogens is 406 g/mol. The zero-order valence-corrected chi connectivity index (χ0v) is 18.6. The first-order valence-electron chi connectivity index (χ1n) is 10.9. The predicted octanol–water partition coefficient (Wildman–Crippen LogP) is 4.34. The molecule has 0 N–H and O–H groups in total. The first kappa shape index (κ1) is 22.0. The van der Waals surface area contributed by atoms with E-state index < -0.39 is 0 Å². The summed E-state index contributed by atoms with van der Waals surface area (Å²) < 4.78 is 16.7. The summed E-state index contributed by atoms with van der Waals surface area (Å²) in [5.41, 5.74) is 4.90. The fourth-order valence-electron chi connectivity index (χ4n) is 3.37. The van der Waals surface area contributed by atoms with Gasteiger partial charge in [0.15, 0.2) is 5.76 Å². The van der Waals surface area contributed by atoms with Gasteiger partial charge >= 0.3 is 0 Å². The van der Waals surface area contributed by atoms with Crippen LogP contribution in [0.15, 0.2) is 64.3 Å². The van der Waals surface area contributed by atoms with Gasteiger partial charge in [-0.1, -0.05) is 40.1 Å². The summed E-state index contributed by atoms with van der Waals surface area (Å²) in [6.45, 7) is 8.91. The molecule has 1 fully saturated rings. The maximum atomic E-state index is 5.85. The molecule has 3 aromatic rings. The highest BCUT2D eigenvalue weighted by molar-refractivity contribution is 5.98. The third-order valence-corrected chi connectivity index (χ3v) is 5.30. The summed E-state index contributed by atoms with van der Waals surface area (Å²) in [5, 5.41) is 8.34. The van der Waals surface area contributed by atoms with Gasteiger partial charge in [0.25, 0.3) is 0 Å². The Labute approximate surface area is 188 Å². The molecule has 2 aromatic carbocycles. The smallest absolute Gasteiger partial charge is 0.151 e. The number of aryl methyl sites for hydroxylation is 1. The Morgan fingerprint density at radius 1 is 1.03 bits per heavy atom. The molecule has 1 saturated heterocycles. The van der Waals surface area contributed by atoms with Crippen molar-refractivity contribution >= 4 is 5.71 Å². The third-order valence-electron chi connectivity index (χ3n) is 5.30. The van der Waals surface area contributed by atoms with Crippen LogP contribution in [0.5, 0.6) is 5.75 Å². The van der Waals surface area contributed by atoms with E-state index in [1.165, 1.54) is 5.56 Å². The summed E-state index contributed by atoms with van der Waals surface area (Å²) in [6.07, 6.45) is 0. The molecule has 0 bridgehead atoms. The van der Waals surface area contributed by atoms with Crippen LogP contribution in [0.25, 0.3) is 0 Å². The molecule has 4 rings (SSSR count). The van der Waals surface area contributed by atoms with Crippen molar-refractivity contribution in [1.29, 1.82) is 0 Å². The maximum absolute atomic E-state index is 5.85. The van der Waals surface area contributed by atoms with Crippen LogP contribution in [-0.2, 0) is 29.3 Å². The molecular formula is C25H29N3O4. The Morgan fingerprint density at radius 2 is 1.78 bits per heavy atom. The number of benzene rings is 2. The zero-order valence-electron chi connectivity index (χ0n) is 18.6. The molecule has 32 heavy (non-hydrogen) atoms. The Hall–Kier alpha value is -3.16. The van der Waals surface area contributed by atoms with Crippen molar-refractivity contribution in [3.63, 3.8) is 0 Å². The summed E-state index contributed by atoms with van der Waals surface area (Å²) in [6, 6.07) is 18.0. The molecule has 168 valence electrons. The van der Waals surface area contributed by atoms with Crippen molar-refractivity contribution in [2.24, 2.45) is 5.16 Å². The Balaban J connectivity index is 1.24. The second kappa shape index (κ2) is 10.9. The van der Waals surface area contributed by atoms with Crippen molar-refractivity contribution < 1.29 is 18.8 Å². The average Bonchev–Trinajstić information content (AvgIpc) is 3.27. The van der Waals surface area contributed by atoms with E-state index in [9.17, 15) is 0 Å². The van der Waals surface area contributed by atoms with Crippen molar-refractivity contribution in [3.05, 3.63) is 82.7 Å². The van der Waals surface area contributed by atoms with Gasteiger partial charge < -0.3 is 18.8 Å². The minimum Gasteiger partial charge on any atom is -0.487 e. The highest BCUT2D eigenvalue weighted by Gasteiger charge is 2.14. The fourth-order valence-corrected chi connectivity index (χ4v) is 3.37. The van der Waals surface area contributed by atoms with E-state index >= 15 is 0 Å². The lowest BCUT2D eigenvalue weighted by molar-refractivity contribution is 0.0305. The maximum Gasteiger partial charge on any atom is 0.151 e. The highest BCUT2D eigenvalue weighted by Crippen LogP contribution is 2.16. The Bertz CT molecular complexity index is 1010. The summed E-state index contributed by atoms with van der Waals surface area (Å²) in [7, 11) is 0. The lowest BCUT2D eigenvalue weighted by Crippen LogP contribution is -2.35. The number of morpholine rings is 1. The van der Waals surface area contributed by atoms with E-state index in [4.69, 9.17) is 18.8 Å². The largest absolute Gasteiger partial charge is 0.487 e. The SMILES string of the molecule is C/C(=N\OCc1ccc(C)cc1)c1ccc(OCc2cc(CN3CCOCC3)on2)cc1. The molecule has 0 spiro atoms. The highest BCUT2D eigenvalue weighted by atomic mass is 16.6. The minimum absolute atomic E-state index is 0.360. The second-order valence-corrected chi connectivity index (χ2v) is 7.92. The fraction of sp³-hybridized carbons (Fsp3) is 0.360. The topological polar surface area (TPSA) is 69.3 Å². The molecule has 1 aliphatic rings. The average molecular weight is 436 g/mol. The van der Waals surface area contributed by atoms with Crippen LogP contribution >= 0.6 is 0 Å². The van der Waals surface area contributed by atoms with Crippen LogP contribution in [0, 0.1) is 6.92 Å². The molecule has 1 aliphatic heterocycles. The number of aromatic nitrogens is 1. The first-order valence-corrected chi connectivity index (χ1v) is 10.9. The second-order valence-electron chi connectivity index (χ2n) is 7.92. The van der Waals surface area contributed by atoms with E-state index in [0.717, 1.165) is 66.9 Å². The van der Waals surface area contributed by atoms with Crippen molar-refractivity contribution in [2.45, 2.75) is 33.6 Å². The van der Waals surface area contributed by atoms with Gasteiger partial charge in [0.1, 0.15) is 24.7 Å². The summed E-state index contributed by atoms with van der Waals surface area (Å²) in [5.74, 6) is 1.61. The zero-order chi connectivity index (χ0) is 22.2. The summed E-state index contributed by atoms with van der Waals surface area (Å²) in [4.78, 5) is 7.79. The van der Waals surface area contributed by atoms with Crippen LogP contribution in [0.4, 0.5) is 0 Å². The molecule has 0 aliphatic carbocycles. The normalized spacial score (nSPS) is 15.0. The Kier molecular flexibility index (Phi) is 7.53. The van der Waals surface area contributed by atoms with E-state index in [1.54, 1.807) is 0 Å². The van der Waals surface area contributed by atoms with Crippen molar-refractivity contribution in [2.75, 3.05) is 26.3 Å². The van der Waals surface area contributed by atoms with Crippen LogP contribution in [0.3, 0.4) is 0 Å². The lowest BCUT2D eigenvalue weighted by Gasteiger charge is -2.25. The number of oxime groups is 1. The van der Waals surface area contributed by atoms with Gasteiger partial charge in [-0.05, 0) is 49.2 Å². The number of nitrogens with zero attached hydrogens (tertiary/aromatic N) is 3. The van der Waals surface area contributed by atoms with Crippen molar-refractivity contribution in [1.82, 2.24) is 10.1 Å².